The van der Waals surface area contributed by atoms with Crippen molar-refractivity contribution in [3.05, 3.63) is 66.0 Å². The number of carboxylic acid groups (broad SMARTS) is 1. The van der Waals surface area contributed by atoms with Gasteiger partial charge in [-0.15, -0.1) is 0 Å². The molecule has 1 amide bonds. The molecule has 4 nitrogen and oxygen atoms in total. The van der Waals surface area contributed by atoms with Crippen molar-refractivity contribution in [1.29, 1.82) is 0 Å². The molecule has 3 atom stereocenters. The smallest absolute Gasteiger partial charge is 0.392 e. The predicted octanol–water partition coefficient (Wildman–Crippen LogP) is 5.67. The minimum Gasteiger partial charge on any atom is -0.481 e. The summed E-state index contributed by atoms with van der Waals surface area (Å²) in [6.45, 7) is 4.57. The fourth-order valence-corrected chi connectivity index (χ4v) is 4.07. The maximum Gasteiger partial charge on any atom is 0.392 e. The third kappa shape index (κ3) is 5.11. The first-order valence-electron chi connectivity index (χ1n) is 10.4. The van der Waals surface area contributed by atoms with Gasteiger partial charge in [-0.2, -0.15) is 13.2 Å². The van der Waals surface area contributed by atoms with Gasteiger partial charge in [-0.3, -0.25) is 9.59 Å². The van der Waals surface area contributed by atoms with Crippen molar-refractivity contribution in [3.63, 3.8) is 0 Å². The van der Waals surface area contributed by atoms with E-state index in [2.05, 4.69) is 11.9 Å². The van der Waals surface area contributed by atoms with Gasteiger partial charge in [0.15, 0.2) is 0 Å². The number of hydrogen-bond donors (Lipinski definition) is 2. The average Bonchev–Trinajstić information content (AvgIpc) is 3.51. The van der Waals surface area contributed by atoms with Crippen LogP contribution in [-0.2, 0) is 16.0 Å². The van der Waals surface area contributed by atoms with Crippen LogP contribution >= 0.6 is 0 Å². The van der Waals surface area contributed by atoms with E-state index in [0.29, 0.717) is 18.4 Å². The molecule has 1 fully saturated rings. The summed E-state index contributed by atoms with van der Waals surface area (Å²) < 4.78 is 55.0. The Kier molecular flexibility index (Phi) is 6.62. The summed E-state index contributed by atoms with van der Waals surface area (Å²) in [7, 11) is 0. The molecule has 2 aliphatic rings. The summed E-state index contributed by atoms with van der Waals surface area (Å²) in [5.41, 5.74) is 0.105. The van der Waals surface area contributed by atoms with Crippen LogP contribution in [0.4, 0.5) is 23.2 Å². The summed E-state index contributed by atoms with van der Waals surface area (Å²) in [6.07, 6.45) is 3.23. The first-order valence-corrected chi connectivity index (χ1v) is 10.4. The Balaban J connectivity index is 1.84. The van der Waals surface area contributed by atoms with E-state index in [4.69, 9.17) is 0 Å². The van der Waals surface area contributed by atoms with Gasteiger partial charge in [0.1, 0.15) is 5.82 Å². The quantitative estimate of drug-likeness (QED) is 0.500. The number of carbonyl (C=O) groups excluding carboxylic acids is 1. The Hall–Kier alpha value is -2.90. The first-order chi connectivity index (χ1) is 15.0. The SMILES string of the molecule is C=CC1=CCC([C@@H](C(=O)Nc2cc(CC3(C(=O)O)CC3)ccc2F)[C@@H](C)C(F)(F)F)C=C1. The number of carboxylic acids is 1. The number of rotatable bonds is 8. The van der Waals surface area contributed by atoms with Gasteiger partial charge in [-0.05, 0) is 54.9 Å². The van der Waals surface area contributed by atoms with Crippen LogP contribution in [0.1, 0.15) is 31.7 Å². The van der Waals surface area contributed by atoms with Crippen molar-refractivity contribution < 1.29 is 32.3 Å². The molecule has 0 heterocycles. The van der Waals surface area contributed by atoms with Crippen LogP contribution in [0.15, 0.2) is 54.7 Å². The molecule has 0 aromatic heterocycles. The van der Waals surface area contributed by atoms with Crippen LogP contribution in [0.2, 0.25) is 0 Å². The molecule has 1 unspecified atom stereocenters. The van der Waals surface area contributed by atoms with Gasteiger partial charge in [0, 0.05) is 0 Å². The Morgan fingerprint density at radius 2 is 2.03 bits per heavy atom. The van der Waals surface area contributed by atoms with E-state index >= 15 is 0 Å². The van der Waals surface area contributed by atoms with Crippen LogP contribution < -0.4 is 5.32 Å². The molecule has 1 aromatic carbocycles. The zero-order valence-corrected chi connectivity index (χ0v) is 17.6. The van der Waals surface area contributed by atoms with Gasteiger partial charge >= 0.3 is 12.1 Å². The minimum absolute atomic E-state index is 0.161. The van der Waals surface area contributed by atoms with Crippen molar-refractivity contribution in [3.8, 4) is 0 Å². The summed E-state index contributed by atoms with van der Waals surface area (Å²) in [4.78, 5) is 24.4. The lowest BCUT2D eigenvalue weighted by Crippen LogP contribution is -2.40. The molecule has 0 spiro atoms. The van der Waals surface area contributed by atoms with E-state index in [0.717, 1.165) is 18.6 Å². The van der Waals surface area contributed by atoms with Crippen molar-refractivity contribution in [1.82, 2.24) is 0 Å². The molecule has 1 aromatic rings. The van der Waals surface area contributed by atoms with E-state index in [1.165, 1.54) is 12.1 Å². The largest absolute Gasteiger partial charge is 0.481 e. The standard InChI is InChI=1S/C24H25F4NO3/c1-3-15-4-7-17(8-5-15)20(14(2)24(26,27)28)21(30)29-19-12-16(6-9-18(19)25)13-23(10-11-23)22(31)32/h3-7,9,12,14,17,20H,1,8,10-11,13H2,2H3,(H,29,30)(H,31,32)/t14-,17?,20+/m1/s1. The highest BCUT2D eigenvalue weighted by Crippen LogP contribution is 2.49. The van der Waals surface area contributed by atoms with Crippen molar-refractivity contribution >= 4 is 17.6 Å². The first kappa shape index (κ1) is 23.8. The van der Waals surface area contributed by atoms with E-state index < -0.39 is 47.0 Å². The molecule has 0 bridgehead atoms. The number of carbonyl (C=O) groups is 2. The molecule has 8 heteroatoms. The fraction of sp³-hybridized carbons (Fsp3) is 0.417. The van der Waals surface area contributed by atoms with Crippen LogP contribution in [0.5, 0.6) is 0 Å². The Labute approximate surface area is 183 Å². The molecule has 0 saturated heterocycles. The van der Waals surface area contributed by atoms with Gasteiger partial charge in [-0.25, -0.2) is 4.39 Å². The lowest BCUT2D eigenvalue weighted by atomic mass is 9.77. The number of benzene rings is 1. The van der Waals surface area contributed by atoms with E-state index in [1.807, 2.05) is 0 Å². The maximum atomic E-state index is 14.4. The molecule has 2 aliphatic carbocycles. The second-order valence-corrected chi connectivity index (χ2v) is 8.59. The number of hydrogen-bond acceptors (Lipinski definition) is 2. The highest BCUT2D eigenvalue weighted by molar-refractivity contribution is 5.93. The van der Waals surface area contributed by atoms with Gasteiger partial charge < -0.3 is 10.4 Å². The zero-order valence-electron chi connectivity index (χ0n) is 17.6. The molecule has 0 radical (unpaired) electrons. The number of halogens is 4. The Bertz CT molecular complexity index is 976. The van der Waals surface area contributed by atoms with Gasteiger partial charge in [0.25, 0.3) is 0 Å². The molecule has 3 rings (SSSR count). The average molecular weight is 451 g/mol. The second kappa shape index (κ2) is 8.92. The summed E-state index contributed by atoms with van der Waals surface area (Å²) >= 11 is 0. The molecule has 32 heavy (non-hydrogen) atoms. The minimum atomic E-state index is -4.61. The van der Waals surface area contributed by atoms with Gasteiger partial charge in [0.2, 0.25) is 5.91 Å². The van der Waals surface area contributed by atoms with Crippen molar-refractivity contribution in [2.24, 2.45) is 23.2 Å². The van der Waals surface area contributed by atoms with Crippen LogP contribution in [0, 0.1) is 29.0 Å². The van der Waals surface area contributed by atoms with Gasteiger partial charge in [-0.1, -0.05) is 43.9 Å². The summed E-state index contributed by atoms with van der Waals surface area (Å²) in [6, 6.07) is 3.82. The highest BCUT2D eigenvalue weighted by Gasteiger charge is 2.50. The van der Waals surface area contributed by atoms with Crippen molar-refractivity contribution in [2.75, 3.05) is 5.32 Å². The fourth-order valence-electron chi connectivity index (χ4n) is 4.07. The summed E-state index contributed by atoms with van der Waals surface area (Å²) in [5, 5.41) is 11.7. The van der Waals surface area contributed by atoms with E-state index in [-0.39, 0.29) is 18.5 Å². The number of anilines is 1. The Morgan fingerprint density at radius 1 is 1.34 bits per heavy atom. The molecular weight excluding hydrogens is 426 g/mol. The van der Waals surface area contributed by atoms with Crippen LogP contribution in [0.25, 0.3) is 0 Å². The van der Waals surface area contributed by atoms with Crippen LogP contribution in [0.3, 0.4) is 0 Å². The maximum absolute atomic E-state index is 14.4. The normalized spacial score (nSPS) is 21.3. The monoisotopic (exact) mass is 451 g/mol. The number of alkyl halides is 3. The topological polar surface area (TPSA) is 66.4 Å². The zero-order chi connectivity index (χ0) is 23.7. The summed E-state index contributed by atoms with van der Waals surface area (Å²) in [5.74, 6) is -6.82. The highest BCUT2D eigenvalue weighted by atomic mass is 19.4. The predicted molar refractivity (Wildman–Crippen MR) is 112 cm³/mol. The number of nitrogens with one attached hydrogen (secondary N) is 1. The molecule has 2 N–H and O–H groups in total. The third-order valence-electron chi connectivity index (χ3n) is 6.35. The number of allylic oxidation sites excluding steroid dienone is 5. The Morgan fingerprint density at radius 3 is 2.53 bits per heavy atom. The second-order valence-electron chi connectivity index (χ2n) is 8.59. The van der Waals surface area contributed by atoms with Crippen molar-refractivity contribution in [2.45, 2.75) is 38.8 Å². The molecule has 172 valence electrons. The number of aliphatic carboxylic acids is 1. The lowest BCUT2D eigenvalue weighted by molar-refractivity contribution is -0.188. The molecule has 0 aliphatic heterocycles. The van der Waals surface area contributed by atoms with Crippen LogP contribution in [-0.4, -0.2) is 23.2 Å². The van der Waals surface area contributed by atoms with E-state index in [9.17, 15) is 32.3 Å². The van der Waals surface area contributed by atoms with E-state index in [1.54, 1.807) is 24.3 Å². The molecular formula is C24H25F4NO3. The molecule has 1 saturated carbocycles. The lowest BCUT2D eigenvalue weighted by Gasteiger charge is -2.31. The third-order valence-corrected chi connectivity index (χ3v) is 6.35. The number of amides is 1. The van der Waals surface area contributed by atoms with Gasteiger partial charge in [0.05, 0.1) is 22.9 Å².